The van der Waals surface area contributed by atoms with Crippen molar-refractivity contribution in [2.45, 2.75) is 25.8 Å². The Bertz CT molecular complexity index is 995. The van der Waals surface area contributed by atoms with Crippen molar-refractivity contribution in [1.29, 1.82) is 0 Å². The van der Waals surface area contributed by atoms with E-state index < -0.39 is 0 Å². The number of anilines is 1. The van der Waals surface area contributed by atoms with Crippen LogP contribution >= 0.6 is 24.0 Å². The Balaban J connectivity index is 0.00000210. The molecule has 4 rings (SSSR count). The van der Waals surface area contributed by atoms with Gasteiger partial charge in [-0.05, 0) is 54.7 Å². The third-order valence-electron chi connectivity index (χ3n) is 4.94. The van der Waals surface area contributed by atoms with Gasteiger partial charge in [0.2, 0.25) is 0 Å². The SMILES string of the molecule is COc1ccc2c(c1)nc(CN=C(N)Nc1ccc3c(c1)CCC3)n2C.I. The molecule has 0 saturated carbocycles. The van der Waals surface area contributed by atoms with Crippen LogP contribution in [0.2, 0.25) is 0 Å². The van der Waals surface area contributed by atoms with Gasteiger partial charge in [0.25, 0.3) is 0 Å². The van der Waals surface area contributed by atoms with Crippen molar-refractivity contribution in [3.8, 4) is 5.75 Å². The molecule has 7 heteroatoms. The molecule has 0 bridgehead atoms. The number of halogens is 1. The zero-order valence-corrected chi connectivity index (χ0v) is 17.9. The molecule has 0 unspecified atom stereocenters. The van der Waals surface area contributed by atoms with Crippen molar-refractivity contribution >= 4 is 46.7 Å². The average molecular weight is 477 g/mol. The fourth-order valence-electron chi connectivity index (χ4n) is 3.49. The van der Waals surface area contributed by atoms with Crippen LogP contribution < -0.4 is 15.8 Å². The van der Waals surface area contributed by atoms with Crippen LogP contribution in [0.4, 0.5) is 5.69 Å². The van der Waals surface area contributed by atoms with Crippen LogP contribution in [0.15, 0.2) is 41.4 Å². The number of rotatable bonds is 4. The van der Waals surface area contributed by atoms with Crippen molar-refractivity contribution in [2.75, 3.05) is 12.4 Å². The van der Waals surface area contributed by atoms with E-state index >= 15 is 0 Å². The highest BCUT2D eigenvalue weighted by atomic mass is 127. The number of hydrogen-bond acceptors (Lipinski definition) is 3. The second-order valence-electron chi connectivity index (χ2n) is 6.61. The summed E-state index contributed by atoms with van der Waals surface area (Å²) in [5.41, 5.74) is 11.8. The van der Waals surface area contributed by atoms with E-state index in [4.69, 9.17) is 10.5 Å². The van der Waals surface area contributed by atoms with Gasteiger partial charge in [-0.3, -0.25) is 0 Å². The fourth-order valence-corrected chi connectivity index (χ4v) is 3.49. The first kappa shape index (κ1) is 19.5. The van der Waals surface area contributed by atoms with E-state index in [0.717, 1.165) is 34.7 Å². The van der Waals surface area contributed by atoms with Gasteiger partial charge in [-0.1, -0.05) is 6.07 Å². The third kappa shape index (κ3) is 4.02. The van der Waals surface area contributed by atoms with Crippen LogP contribution in [-0.2, 0) is 26.4 Å². The highest BCUT2D eigenvalue weighted by Gasteiger charge is 2.11. The molecule has 1 heterocycles. The van der Waals surface area contributed by atoms with Crippen LogP contribution in [0.3, 0.4) is 0 Å². The van der Waals surface area contributed by atoms with Crippen molar-refractivity contribution in [2.24, 2.45) is 17.8 Å². The van der Waals surface area contributed by atoms with Crippen molar-refractivity contribution in [3.05, 3.63) is 53.3 Å². The van der Waals surface area contributed by atoms with Crippen LogP contribution in [0, 0.1) is 0 Å². The van der Waals surface area contributed by atoms with Gasteiger partial charge >= 0.3 is 0 Å². The predicted molar refractivity (Wildman–Crippen MR) is 120 cm³/mol. The number of aryl methyl sites for hydroxylation is 3. The maximum atomic E-state index is 6.07. The van der Waals surface area contributed by atoms with Crippen molar-refractivity contribution < 1.29 is 4.74 Å². The minimum absolute atomic E-state index is 0. The maximum absolute atomic E-state index is 6.07. The summed E-state index contributed by atoms with van der Waals surface area (Å²) in [6.07, 6.45) is 3.56. The number of imidazole rings is 1. The molecule has 0 radical (unpaired) electrons. The van der Waals surface area contributed by atoms with Crippen molar-refractivity contribution in [3.63, 3.8) is 0 Å². The summed E-state index contributed by atoms with van der Waals surface area (Å²) in [6.45, 7) is 0.414. The fraction of sp³-hybridized carbons (Fsp3) is 0.300. The molecule has 0 atom stereocenters. The molecule has 0 aliphatic heterocycles. The minimum Gasteiger partial charge on any atom is -0.497 e. The molecule has 2 aromatic carbocycles. The lowest BCUT2D eigenvalue weighted by atomic mass is 10.1. The Labute approximate surface area is 175 Å². The number of nitrogens with one attached hydrogen (secondary N) is 1. The van der Waals surface area contributed by atoms with Gasteiger partial charge in [0.15, 0.2) is 5.96 Å². The number of ether oxygens (including phenoxy) is 1. The molecule has 27 heavy (non-hydrogen) atoms. The number of hydrogen-bond donors (Lipinski definition) is 2. The standard InChI is InChI=1S/C20H23N5O.HI/c1-25-18-9-8-16(26-2)11-17(18)24-19(25)12-22-20(21)23-15-7-6-13-4-3-5-14(13)10-15;/h6-11H,3-5,12H2,1-2H3,(H3,21,22,23);1H. The average Bonchev–Trinajstić information content (AvgIpc) is 3.23. The first-order chi connectivity index (χ1) is 12.6. The first-order valence-corrected chi connectivity index (χ1v) is 8.82. The summed E-state index contributed by atoms with van der Waals surface area (Å²) in [6, 6.07) is 12.3. The normalized spacial score (nSPS) is 13.3. The minimum atomic E-state index is 0. The zero-order chi connectivity index (χ0) is 18.1. The van der Waals surface area contributed by atoms with Gasteiger partial charge in [0.1, 0.15) is 18.1 Å². The summed E-state index contributed by atoms with van der Waals surface area (Å²) in [5, 5.41) is 3.18. The number of nitrogens with two attached hydrogens (primary N) is 1. The highest BCUT2D eigenvalue weighted by Crippen LogP contribution is 2.25. The lowest BCUT2D eigenvalue weighted by Crippen LogP contribution is -2.23. The van der Waals surface area contributed by atoms with Crippen molar-refractivity contribution in [1.82, 2.24) is 9.55 Å². The van der Waals surface area contributed by atoms with E-state index in [9.17, 15) is 0 Å². The topological polar surface area (TPSA) is 77.5 Å². The molecule has 1 aliphatic carbocycles. The van der Waals surface area contributed by atoms with Gasteiger partial charge < -0.3 is 20.4 Å². The van der Waals surface area contributed by atoms with Gasteiger partial charge in [-0.25, -0.2) is 9.98 Å². The van der Waals surface area contributed by atoms with Crippen LogP contribution in [0.1, 0.15) is 23.4 Å². The van der Waals surface area contributed by atoms with E-state index in [1.807, 2.05) is 29.8 Å². The first-order valence-electron chi connectivity index (χ1n) is 8.82. The molecule has 6 nitrogen and oxygen atoms in total. The molecule has 0 saturated heterocycles. The third-order valence-corrected chi connectivity index (χ3v) is 4.94. The van der Waals surface area contributed by atoms with Gasteiger partial charge in [-0.2, -0.15) is 0 Å². The number of aliphatic imine (C=N–C) groups is 1. The summed E-state index contributed by atoms with van der Waals surface area (Å²) in [5.74, 6) is 2.04. The Morgan fingerprint density at radius 3 is 2.85 bits per heavy atom. The zero-order valence-electron chi connectivity index (χ0n) is 15.5. The van der Waals surface area contributed by atoms with Crippen LogP contribution in [-0.4, -0.2) is 22.6 Å². The second-order valence-corrected chi connectivity index (χ2v) is 6.61. The molecular weight excluding hydrogens is 453 g/mol. The van der Waals surface area contributed by atoms with Gasteiger partial charge in [0.05, 0.1) is 18.1 Å². The van der Waals surface area contributed by atoms with E-state index in [1.165, 1.54) is 24.0 Å². The summed E-state index contributed by atoms with van der Waals surface area (Å²) in [4.78, 5) is 9.09. The van der Waals surface area contributed by atoms with E-state index in [2.05, 4.69) is 33.5 Å². The van der Waals surface area contributed by atoms with Crippen LogP contribution in [0.25, 0.3) is 11.0 Å². The molecule has 142 valence electrons. The monoisotopic (exact) mass is 477 g/mol. The smallest absolute Gasteiger partial charge is 0.193 e. The largest absolute Gasteiger partial charge is 0.497 e. The van der Waals surface area contributed by atoms with Gasteiger partial charge in [-0.15, -0.1) is 24.0 Å². The lowest BCUT2D eigenvalue weighted by Gasteiger charge is -2.08. The highest BCUT2D eigenvalue weighted by molar-refractivity contribution is 14.0. The summed E-state index contributed by atoms with van der Waals surface area (Å²) < 4.78 is 7.29. The molecule has 0 spiro atoms. The Kier molecular flexibility index (Phi) is 5.88. The van der Waals surface area contributed by atoms with Crippen LogP contribution in [0.5, 0.6) is 5.75 Å². The second kappa shape index (κ2) is 8.16. The predicted octanol–water partition coefficient (Wildman–Crippen LogP) is 3.62. The number of fused-ring (bicyclic) bond motifs is 2. The number of aromatic nitrogens is 2. The molecular formula is C20H24IN5O. The number of guanidine groups is 1. The van der Waals surface area contributed by atoms with Gasteiger partial charge in [0, 0.05) is 18.8 Å². The molecule has 1 aliphatic rings. The molecule has 1 aromatic heterocycles. The maximum Gasteiger partial charge on any atom is 0.193 e. The summed E-state index contributed by atoms with van der Waals surface area (Å²) >= 11 is 0. The molecule has 3 N–H and O–H groups in total. The number of nitrogens with zero attached hydrogens (tertiary/aromatic N) is 3. The molecule has 0 fully saturated rings. The van der Waals surface area contributed by atoms with E-state index in [-0.39, 0.29) is 24.0 Å². The Morgan fingerprint density at radius 2 is 2.04 bits per heavy atom. The quantitative estimate of drug-likeness (QED) is 0.342. The molecule has 0 amide bonds. The van der Waals surface area contributed by atoms with E-state index in [1.54, 1.807) is 7.11 Å². The number of benzene rings is 2. The summed E-state index contributed by atoms with van der Waals surface area (Å²) in [7, 11) is 3.64. The Hall–Kier alpha value is -2.29. The Morgan fingerprint density at radius 1 is 1.22 bits per heavy atom. The molecule has 3 aromatic rings. The lowest BCUT2D eigenvalue weighted by molar-refractivity contribution is 0.415. The van der Waals surface area contributed by atoms with E-state index in [0.29, 0.717) is 12.5 Å². The number of methoxy groups -OCH3 is 1.